The van der Waals surface area contributed by atoms with E-state index in [2.05, 4.69) is 22.4 Å². The number of ether oxygens (including phenoxy) is 1. The Balaban J connectivity index is 1.58. The molecule has 3 rings (SSSR count). The number of hydrogen-bond acceptors (Lipinski definition) is 5. The second-order valence-electron chi connectivity index (χ2n) is 5.31. The zero-order chi connectivity index (χ0) is 17.5. The van der Waals surface area contributed by atoms with Gasteiger partial charge in [-0.2, -0.15) is 10.2 Å². The third-order valence-electron chi connectivity index (χ3n) is 3.48. The number of nitriles is 1. The molecule has 0 bridgehead atoms. The van der Waals surface area contributed by atoms with E-state index in [1.54, 1.807) is 24.3 Å². The number of nitrogens with zero attached hydrogens (tertiary/aromatic N) is 2. The Morgan fingerprint density at radius 1 is 1.16 bits per heavy atom. The Morgan fingerprint density at radius 2 is 2.00 bits per heavy atom. The topological polar surface area (TPSA) is 71.1 Å². The molecule has 0 unspecified atom stereocenters. The van der Waals surface area contributed by atoms with E-state index in [4.69, 9.17) is 20.8 Å². The van der Waals surface area contributed by atoms with Crippen molar-refractivity contribution in [2.75, 3.05) is 11.9 Å². The zero-order valence-electron chi connectivity index (χ0n) is 13.4. The van der Waals surface area contributed by atoms with Crippen LogP contribution < -0.4 is 10.1 Å². The van der Waals surface area contributed by atoms with Gasteiger partial charge in [0.15, 0.2) is 6.61 Å². The molecule has 0 aliphatic heterocycles. The van der Waals surface area contributed by atoms with Crippen molar-refractivity contribution in [2.24, 2.45) is 0 Å². The van der Waals surface area contributed by atoms with Gasteiger partial charge in [0, 0.05) is 11.6 Å². The molecule has 5 nitrogen and oxygen atoms in total. The van der Waals surface area contributed by atoms with Crippen LogP contribution in [0.25, 0.3) is 0 Å². The Kier molecular flexibility index (Phi) is 5.55. The molecule has 0 radical (unpaired) electrons. The largest absolute Gasteiger partial charge is 0.484 e. The van der Waals surface area contributed by atoms with Crippen molar-refractivity contribution in [2.45, 2.75) is 13.0 Å². The first-order valence-electron chi connectivity index (χ1n) is 7.80. The van der Waals surface area contributed by atoms with Crippen LogP contribution in [0.2, 0.25) is 5.02 Å². The number of hydrogen-bond donors (Lipinski definition) is 1. The Hall–Kier alpha value is -2.97. The third-order valence-corrected chi connectivity index (χ3v) is 3.71. The van der Waals surface area contributed by atoms with Crippen LogP contribution in [0.15, 0.2) is 59.0 Å². The Bertz CT molecular complexity index is 872. The molecule has 25 heavy (non-hydrogen) atoms. The van der Waals surface area contributed by atoms with E-state index in [9.17, 15) is 5.26 Å². The van der Waals surface area contributed by atoms with Gasteiger partial charge < -0.3 is 14.5 Å². The monoisotopic (exact) mass is 353 g/mol. The van der Waals surface area contributed by atoms with E-state index in [1.165, 1.54) is 5.56 Å². The molecule has 2 aromatic carbocycles. The number of benzene rings is 2. The summed E-state index contributed by atoms with van der Waals surface area (Å²) in [5.74, 6) is 1.31. The molecule has 1 heterocycles. The number of anilines is 1. The van der Waals surface area contributed by atoms with Crippen molar-refractivity contribution >= 4 is 17.5 Å². The van der Waals surface area contributed by atoms with Crippen LogP contribution >= 0.6 is 11.6 Å². The Morgan fingerprint density at radius 3 is 2.76 bits per heavy atom. The zero-order valence-corrected chi connectivity index (χ0v) is 14.2. The summed E-state index contributed by atoms with van der Waals surface area (Å²) in [7, 11) is 0. The summed E-state index contributed by atoms with van der Waals surface area (Å²) >= 11 is 5.91. The minimum Gasteiger partial charge on any atom is -0.484 e. The second-order valence-corrected chi connectivity index (χ2v) is 5.74. The first-order chi connectivity index (χ1) is 12.2. The molecule has 3 aromatic rings. The minimum absolute atomic E-state index is 0.120. The quantitative estimate of drug-likeness (QED) is 0.680. The van der Waals surface area contributed by atoms with Gasteiger partial charge in [0.2, 0.25) is 17.5 Å². The fourth-order valence-electron chi connectivity index (χ4n) is 2.29. The maximum atomic E-state index is 9.20. The molecule has 1 aromatic heterocycles. The molecule has 0 fully saturated rings. The molecule has 126 valence electrons. The van der Waals surface area contributed by atoms with Crippen molar-refractivity contribution in [3.8, 4) is 11.8 Å². The first-order valence-corrected chi connectivity index (χ1v) is 8.18. The molecule has 0 saturated carbocycles. The highest BCUT2D eigenvalue weighted by Crippen LogP contribution is 2.21. The van der Waals surface area contributed by atoms with Crippen LogP contribution in [0.5, 0.6) is 5.75 Å². The van der Waals surface area contributed by atoms with Crippen LogP contribution in [0, 0.1) is 11.3 Å². The van der Waals surface area contributed by atoms with Crippen molar-refractivity contribution in [1.29, 1.82) is 5.26 Å². The van der Waals surface area contributed by atoms with Gasteiger partial charge >= 0.3 is 0 Å². The summed E-state index contributed by atoms with van der Waals surface area (Å²) in [6, 6.07) is 19.2. The second kappa shape index (κ2) is 8.22. The maximum absolute atomic E-state index is 9.20. The van der Waals surface area contributed by atoms with Gasteiger partial charge in [0.1, 0.15) is 11.8 Å². The number of aromatic nitrogens is 1. The van der Waals surface area contributed by atoms with E-state index in [1.807, 2.05) is 24.3 Å². The summed E-state index contributed by atoms with van der Waals surface area (Å²) < 4.78 is 11.2. The molecule has 0 atom stereocenters. The Labute approximate surface area is 150 Å². The van der Waals surface area contributed by atoms with Gasteiger partial charge in [-0.05, 0) is 30.2 Å². The summed E-state index contributed by atoms with van der Waals surface area (Å²) in [4.78, 5) is 4.14. The molecule has 0 aliphatic carbocycles. The van der Waals surface area contributed by atoms with Gasteiger partial charge in [-0.3, -0.25) is 0 Å². The van der Waals surface area contributed by atoms with E-state index >= 15 is 0 Å². The molecule has 0 spiro atoms. The standard InChI is InChI=1S/C19H16ClN3O2/c20-15-7-4-8-16(11-15)24-13-18-23-17(12-21)19(25-18)22-10-9-14-5-2-1-3-6-14/h1-8,11,22H,9-10,13H2. The predicted molar refractivity (Wildman–Crippen MR) is 95.6 cm³/mol. The molecule has 0 aliphatic rings. The highest BCUT2D eigenvalue weighted by Gasteiger charge is 2.13. The summed E-state index contributed by atoms with van der Waals surface area (Å²) in [5, 5.41) is 12.9. The van der Waals surface area contributed by atoms with Crippen molar-refractivity contribution in [1.82, 2.24) is 4.98 Å². The van der Waals surface area contributed by atoms with Crippen LogP contribution in [0.3, 0.4) is 0 Å². The highest BCUT2D eigenvalue weighted by molar-refractivity contribution is 6.30. The SMILES string of the molecule is N#Cc1nc(COc2cccc(Cl)c2)oc1NCCc1ccccc1. The molecule has 0 saturated heterocycles. The maximum Gasteiger partial charge on any atom is 0.236 e. The van der Waals surface area contributed by atoms with Crippen LogP contribution in [-0.2, 0) is 13.0 Å². The number of nitrogens with one attached hydrogen (secondary N) is 1. The molecular weight excluding hydrogens is 338 g/mol. The highest BCUT2D eigenvalue weighted by atomic mass is 35.5. The van der Waals surface area contributed by atoms with Crippen molar-refractivity contribution < 1.29 is 9.15 Å². The average molecular weight is 354 g/mol. The van der Waals surface area contributed by atoms with E-state index in [-0.39, 0.29) is 12.3 Å². The summed E-state index contributed by atoms with van der Waals surface area (Å²) in [6.07, 6.45) is 0.820. The number of halogens is 1. The van der Waals surface area contributed by atoms with E-state index < -0.39 is 0 Å². The fraction of sp³-hybridized carbons (Fsp3) is 0.158. The molecular formula is C19H16ClN3O2. The van der Waals surface area contributed by atoms with Crippen LogP contribution in [-0.4, -0.2) is 11.5 Å². The summed E-state index contributed by atoms with van der Waals surface area (Å²) in [6.45, 7) is 0.762. The van der Waals surface area contributed by atoms with Gasteiger partial charge in [-0.25, -0.2) is 0 Å². The lowest BCUT2D eigenvalue weighted by Gasteiger charge is -2.04. The van der Waals surface area contributed by atoms with Gasteiger partial charge in [0.05, 0.1) is 0 Å². The molecule has 6 heteroatoms. The summed E-state index contributed by atoms with van der Waals surface area (Å²) in [5.41, 5.74) is 1.43. The van der Waals surface area contributed by atoms with E-state index in [0.29, 0.717) is 29.1 Å². The van der Waals surface area contributed by atoms with Gasteiger partial charge in [0.25, 0.3) is 0 Å². The normalized spacial score (nSPS) is 10.2. The van der Waals surface area contributed by atoms with Crippen LogP contribution in [0.1, 0.15) is 17.1 Å². The lowest BCUT2D eigenvalue weighted by Crippen LogP contribution is -2.05. The van der Waals surface area contributed by atoms with E-state index in [0.717, 1.165) is 6.42 Å². The van der Waals surface area contributed by atoms with Gasteiger partial charge in [-0.1, -0.05) is 48.0 Å². The third kappa shape index (κ3) is 4.75. The van der Waals surface area contributed by atoms with Crippen molar-refractivity contribution in [3.63, 3.8) is 0 Å². The predicted octanol–water partition coefficient (Wildman–Crippen LogP) is 4.43. The smallest absolute Gasteiger partial charge is 0.236 e. The average Bonchev–Trinajstić information content (AvgIpc) is 3.03. The van der Waals surface area contributed by atoms with Gasteiger partial charge in [-0.15, -0.1) is 0 Å². The lowest BCUT2D eigenvalue weighted by molar-refractivity contribution is 0.265. The lowest BCUT2D eigenvalue weighted by atomic mass is 10.1. The fourth-order valence-corrected chi connectivity index (χ4v) is 2.47. The molecule has 1 N–H and O–H groups in total. The minimum atomic E-state index is 0.120. The molecule has 0 amide bonds. The van der Waals surface area contributed by atoms with Crippen molar-refractivity contribution in [3.05, 3.63) is 76.8 Å². The van der Waals surface area contributed by atoms with Crippen LogP contribution in [0.4, 0.5) is 5.88 Å². The number of rotatable bonds is 7. The number of oxazole rings is 1. The first kappa shape index (κ1) is 16.9.